The highest BCUT2D eigenvalue weighted by Gasteiger charge is 2.05. The van der Waals surface area contributed by atoms with E-state index in [2.05, 4.69) is 8.92 Å². The lowest BCUT2D eigenvalue weighted by Crippen LogP contribution is -2.13. The van der Waals surface area contributed by atoms with Gasteiger partial charge >= 0.3 is 0 Å². The lowest BCUT2D eigenvalue weighted by atomic mass is 10.8. The van der Waals surface area contributed by atoms with E-state index in [0.29, 0.717) is 0 Å². The summed E-state index contributed by atoms with van der Waals surface area (Å²) >= 11 is 0. The summed E-state index contributed by atoms with van der Waals surface area (Å²) in [6.45, 7) is 1.92. The highest BCUT2D eigenvalue weighted by molar-refractivity contribution is 7.86. The maximum absolute atomic E-state index is 10.7. The second kappa shape index (κ2) is 6.36. The molecule has 0 amide bonds. The summed E-state index contributed by atoms with van der Waals surface area (Å²) in [7, 11) is -1.84. The molecule has 0 unspecified atom stereocenters. The molecule has 0 atom stereocenters. The standard InChI is InChI=1S/C6H14O5S/c1-3-12(7,8)11-5-4-10-6-9-2/h3-6H2,1-2H3. The number of hydrogen-bond donors (Lipinski definition) is 0. The fourth-order valence-corrected chi connectivity index (χ4v) is 0.934. The van der Waals surface area contributed by atoms with Crippen molar-refractivity contribution in [1.29, 1.82) is 0 Å². The number of hydrogen-bond acceptors (Lipinski definition) is 5. The molecule has 0 aliphatic rings. The van der Waals surface area contributed by atoms with E-state index in [1.807, 2.05) is 0 Å². The predicted octanol–water partition coefficient (Wildman–Crippen LogP) is -0.0268. The summed E-state index contributed by atoms with van der Waals surface area (Å²) < 4.78 is 35.3. The van der Waals surface area contributed by atoms with Crippen molar-refractivity contribution < 1.29 is 22.1 Å². The minimum atomic E-state index is -3.33. The van der Waals surface area contributed by atoms with Crippen molar-refractivity contribution in [2.24, 2.45) is 0 Å². The highest BCUT2D eigenvalue weighted by Crippen LogP contribution is 1.91. The van der Waals surface area contributed by atoms with Gasteiger partial charge in [0, 0.05) is 7.11 Å². The van der Waals surface area contributed by atoms with Gasteiger partial charge in [0.1, 0.15) is 6.79 Å². The highest BCUT2D eigenvalue weighted by atomic mass is 32.2. The second-order valence-corrected chi connectivity index (χ2v) is 3.91. The maximum Gasteiger partial charge on any atom is 0.267 e. The zero-order valence-electron chi connectivity index (χ0n) is 7.28. The predicted molar refractivity (Wildman–Crippen MR) is 43.2 cm³/mol. The molecule has 0 N–H and O–H groups in total. The number of ether oxygens (including phenoxy) is 2. The first-order valence-electron chi connectivity index (χ1n) is 3.56. The van der Waals surface area contributed by atoms with Gasteiger partial charge in [-0.05, 0) is 6.92 Å². The average Bonchev–Trinajstić information content (AvgIpc) is 2.04. The zero-order chi connectivity index (χ0) is 9.45. The third-order valence-electron chi connectivity index (χ3n) is 1.05. The molecule has 0 radical (unpaired) electrons. The molecule has 0 fully saturated rings. The Morgan fingerprint density at radius 1 is 1.25 bits per heavy atom. The van der Waals surface area contributed by atoms with Crippen LogP contribution < -0.4 is 0 Å². The summed E-state index contributed by atoms with van der Waals surface area (Å²) in [5.74, 6) is -0.0166. The van der Waals surface area contributed by atoms with Crippen LogP contribution in [-0.2, 0) is 23.8 Å². The van der Waals surface area contributed by atoms with Crippen molar-refractivity contribution in [3.8, 4) is 0 Å². The average molecular weight is 198 g/mol. The quantitative estimate of drug-likeness (QED) is 0.326. The van der Waals surface area contributed by atoms with Gasteiger partial charge in [-0.2, -0.15) is 8.42 Å². The van der Waals surface area contributed by atoms with Gasteiger partial charge in [0.05, 0.1) is 19.0 Å². The molecule has 0 aromatic heterocycles. The molecule has 0 saturated heterocycles. The van der Waals surface area contributed by atoms with Gasteiger partial charge in [-0.15, -0.1) is 0 Å². The Balaban J connectivity index is 3.32. The number of rotatable bonds is 7. The monoisotopic (exact) mass is 198 g/mol. The van der Waals surface area contributed by atoms with Gasteiger partial charge in [0.15, 0.2) is 0 Å². The normalized spacial score (nSPS) is 11.8. The largest absolute Gasteiger partial charge is 0.359 e. The first-order chi connectivity index (χ1) is 5.62. The van der Waals surface area contributed by atoms with Crippen LogP contribution in [0.25, 0.3) is 0 Å². The summed E-state index contributed by atoms with van der Waals surface area (Å²) in [6.07, 6.45) is 0. The summed E-state index contributed by atoms with van der Waals surface area (Å²) in [4.78, 5) is 0. The summed E-state index contributed by atoms with van der Waals surface area (Å²) in [5, 5.41) is 0. The lowest BCUT2D eigenvalue weighted by molar-refractivity contribution is -0.0382. The second-order valence-electron chi connectivity index (χ2n) is 1.98. The SMILES string of the molecule is CCS(=O)(=O)OCCOCOC. The molecule has 0 aromatic carbocycles. The smallest absolute Gasteiger partial charge is 0.267 e. The molecule has 5 nitrogen and oxygen atoms in total. The third kappa shape index (κ3) is 6.53. The van der Waals surface area contributed by atoms with Crippen LogP contribution in [0.1, 0.15) is 6.92 Å². The van der Waals surface area contributed by atoms with E-state index in [0.717, 1.165) is 0 Å². The van der Waals surface area contributed by atoms with Crippen LogP contribution in [0, 0.1) is 0 Å². The number of methoxy groups -OCH3 is 1. The van der Waals surface area contributed by atoms with Crippen LogP contribution in [0.5, 0.6) is 0 Å². The minimum Gasteiger partial charge on any atom is -0.359 e. The van der Waals surface area contributed by atoms with E-state index < -0.39 is 10.1 Å². The summed E-state index contributed by atoms with van der Waals surface area (Å²) in [5.41, 5.74) is 0. The topological polar surface area (TPSA) is 61.8 Å². The van der Waals surface area contributed by atoms with Gasteiger partial charge in [-0.1, -0.05) is 0 Å². The molecule has 74 valence electrons. The molecule has 0 aromatic rings. The molecular formula is C6H14O5S. The molecule has 0 saturated carbocycles. The van der Waals surface area contributed by atoms with Crippen molar-refractivity contribution in [3.05, 3.63) is 0 Å². The van der Waals surface area contributed by atoms with Crippen LogP contribution >= 0.6 is 0 Å². The Morgan fingerprint density at radius 3 is 2.42 bits per heavy atom. The van der Waals surface area contributed by atoms with E-state index in [-0.39, 0.29) is 25.8 Å². The van der Waals surface area contributed by atoms with Crippen molar-refractivity contribution in [2.45, 2.75) is 6.92 Å². The van der Waals surface area contributed by atoms with E-state index >= 15 is 0 Å². The molecule has 0 bridgehead atoms. The van der Waals surface area contributed by atoms with E-state index in [9.17, 15) is 8.42 Å². The lowest BCUT2D eigenvalue weighted by Gasteiger charge is -2.03. The van der Waals surface area contributed by atoms with Crippen LogP contribution in [0.3, 0.4) is 0 Å². The molecule has 0 rings (SSSR count). The molecule has 0 aliphatic heterocycles. The molecule has 0 heterocycles. The van der Waals surface area contributed by atoms with Crippen LogP contribution in [0.2, 0.25) is 0 Å². The van der Waals surface area contributed by atoms with Crippen LogP contribution in [0.15, 0.2) is 0 Å². The molecule has 0 spiro atoms. The van der Waals surface area contributed by atoms with Crippen molar-refractivity contribution in [3.63, 3.8) is 0 Å². The first-order valence-corrected chi connectivity index (χ1v) is 5.14. The van der Waals surface area contributed by atoms with Gasteiger partial charge in [-0.25, -0.2) is 0 Å². The Labute approximate surface area is 72.7 Å². The fraction of sp³-hybridized carbons (Fsp3) is 1.00. The van der Waals surface area contributed by atoms with Gasteiger partial charge in [-0.3, -0.25) is 4.18 Å². The van der Waals surface area contributed by atoms with Crippen LogP contribution in [-0.4, -0.2) is 41.3 Å². The van der Waals surface area contributed by atoms with Gasteiger partial charge < -0.3 is 9.47 Å². The maximum atomic E-state index is 10.7. The molecular weight excluding hydrogens is 184 g/mol. The fourth-order valence-electron chi connectivity index (χ4n) is 0.446. The van der Waals surface area contributed by atoms with Gasteiger partial charge in [0.2, 0.25) is 0 Å². The Bertz CT molecular complexity index is 186. The van der Waals surface area contributed by atoms with E-state index in [1.54, 1.807) is 0 Å². The Hall–Kier alpha value is -0.170. The van der Waals surface area contributed by atoms with E-state index in [4.69, 9.17) is 4.74 Å². The molecule has 12 heavy (non-hydrogen) atoms. The van der Waals surface area contributed by atoms with Crippen LogP contribution in [0.4, 0.5) is 0 Å². The first kappa shape index (κ1) is 11.8. The van der Waals surface area contributed by atoms with E-state index in [1.165, 1.54) is 14.0 Å². The minimum absolute atomic E-state index is 0.0166. The zero-order valence-corrected chi connectivity index (χ0v) is 8.09. The Kier molecular flexibility index (Phi) is 6.27. The van der Waals surface area contributed by atoms with Crippen molar-refractivity contribution in [1.82, 2.24) is 0 Å². The molecule has 0 aliphatic carbocycles. The Morgan fingerprint density at radius 2 is 1.92 bits per heavy atom. The van der Waals surface area contributed by atoms with Crippen molar-refractivity contribution >= 4 is 10.1 Å². The molecule has 6 heteroatoms. The van der Waals surface area contributed by atoms with Crippen molar-refractivity contribution in [2.75, 3.05) is 32.9 Å². The van der Waals surface area contributed by atoms with Gasteiger partial charge in [0.25, 0.3) is 10.1 Å². The summed E-state index contributed by atoms with van der Waals surface area (Å²) in [6, 6.07) is 0. The third-order valence-corrected chi connectivity index (χ3v) is 2.28.